The third kappa shape index (κ3) is 3.57. The van der Waals surface area contributed by atoms with Crippen molar-refractivity contribution in [3.8, 4) is 11.3 Å². The molecule has 0 spiro atoms. The van der Waals surface area contributed by atoms with Crippen LogP contribution in [-0.4, -0.2) is 38.3 Å². The quantitative estimate of drug-likeness (QED) is 0.682. The van der Waals surface area contributed by atoms with Gasteiger partial charge in [0.1, 0.15) is 11.6 Å². The second-order valence-corrected chi connectivity index (χ2v) is 7.79. The number of aryl methyl sites for hydroxylation is 1. The number of carboxylic acid groups (broad SMARTS) is 1. The molecule has 0 radical (unpaired) electrons. The van der Waals surface area contributed by atoms with Gasteiger partial charge in [-0.15, -0.1) is 0 Å². The zero-order valence-electron chi connectivity index (χ0n) is 16.4. The molecule has 2 aromatic heterocycles. The summed E-state index contributed by atoms with van der Waals surface area (Å²) in [6.07, 6.45) is -0.134. The van der Waals surface area contributed by atoms with Gasteiger partial charge in [-0.2, -0.15) is 0 Å². The Hall–Kier alpha value is -2.84. The third-order valence-electron chi connectivity index (χ3n) is 5.47. The highest BCUT2D eigenvalue weighted by Crippen LogP contribution is 2.34. The molecule has 1 fully saturated rings. The van der Waals surface area contributed by atoms with E-state index in [4.69, 9.17) is 16.3 Å². The van der Waals surface area contributed by atoms with Crippen molar-refractivity contribution in [3.63, 3.8) is 0 Å². The highest BCUT2D eigenvalue weighted by molar-refractivity contribution is 6.30. The first-order chi connectivity index (χ1) is 14.3. The van der Waals surface area contributed by atoms with Crippen LogP contribution in [0.1, 0.15) is 30.3 Å². The summed E-state index contributed by atoms with van der Waals surface area (Å²) in [5.74, 6) is -1.36. The molecule has 0 aliphatic carbocycles. The van der Waals surface area contributed by atoms with Crippen molar-refractivity contribution in [1.29, 1.82) is 0 Å². The number of pyridine rings is 1. The van der Waals surface area contributed by atoms with Crippen molar-refractivity contribution in [1.82, 2.24) is 14.5 Å². The van der Waals surface area contributed by atoms with Crippen LogP contribution in [0.2, 0.25) is 5.02 Å². The molecule has 2 atom stereocenters. The topological polar surface area (TPSA) is 94.3 Å². The van der Waals surface area contributed by atoms with Gasteiger partial charge in [0.15, 0.2) is 6.10 Å². The van der Waals surface area contributed by atoms with Gasteiger partial charge in [-0.1, -0.05) is 11.6 Å². The SMILES string of the molecule is Cc1nc2cc([C@H]3CCO[C@@H](C(=O)O)C3)nc(-c3ccc(Cl)cc3F)c2c(=O)n1C. The molecule has 9 heteroatoms. The number of benzene rings is 1. The van der Waals surface area contributed by atoms with Gasteiger partial charge in [0.2, 0.25) is 0 Å². The lowest BCUT2D eigenvalue weighted by Crippen LogP contribution is -2.32. The number of rotatable bonds is 3. The van der Waals surface area contributed by atoms with Gasteiger partial charge in [0.25, 0.3) is 5.56 Å². The fourth-order valence-electron chi connectivity index (χ4n) is 3.74. The largest absolute Gasteiger partial charge is 0.479 e. The van der Waals surface area contributed by atoms with Crippen LogP contribution in [0.5, 0.6) is 0 Å². The number of fused-ring (bicyclic) bond motifs is 1. The van der Waals surface area contributed by atoms with Crippen molar-refractivity contribution in [2.24, 2.45) is 7.05 Å². The number of carboxylic acids is 1. The van der Waals surface area contributed by atoms with E-state index in [1.807, 2.05) is 0 Å². The Morgan fingerprint density at radius 1 is 1.33 bits per heavy atom. The Kier molecular flexibility index (Phi) is 5.29. The molecule has 7 nitrogen and oxygen atoms in total. The summed E-state index contributed by atoms with van der Waals surface area (Å²) in [5.41, 5.74) is 0.917. The fourth-order valence-corrected chi connectivity index (χ4v) is 3.90. The number of aromatic nitrogens is 3. The summed E-state index contributed by atoms with van der Waals surface area (Å²) in [4.78, 5) is 33.5. The van der Waals surface area contributed by atoms with E-state index < -0.39 is 17.9 Å². The Balaban J connectivity index is 1.97. The molecule has 1 aromatic carbocycles. The molecular formula is C21H19ClFN3O4. The zero-order chi connectivity index (χ0) is 21.6. The van der Waals surface area contributed by atoms with Crippen molar-refractivity contribution in [2.45, 2.75) is 31.8 Å². The van der Waals surface area contributed by atoms with Crippen LogP contribution in [0.3, 0.4) is 0 Å². The predicted octanol–water partition coefficient (Wildman–Crippen LogP) is 3.44. The van der Waals surface area contributed by atoms with Crippen molar-refractivity contribution < 1.29 is 19.0 Å². The van der Waals surface area contributed by atoms with Crippen LogP contribution in [0.25, 0.3) is 22.2 Å². The number of ether oxygens (including phenoxy) is 1. The highest BCUT2D eigenvalue weighted by atomic mass is 35.5. The lowest BCUT2D eigenvalue weighted by atomic mass is 9.91. The first-order valence-corrected chi connectivity index (χ1v) is 9.82. The van der Waals surface area contributed by atoms with Crippen molar-refractivity contribution >= 4 is 28.5 Å². The minimum absolute atomic E-state index is 0.135. The smallest absolute Gasteiger partial charge is 0.332 e. The average Bonchev–Trinajstić information content (AvgIpc) is 2.71. The lowest BCUT2D eigenvalue weighted by Gasteiger charge is -2.27. The number of aliphatic carboxylic acids is 1. The van der Waals surface area contributed by atoms with E-state index in [1.165, 1.54) is 16.7 Å². The van der Waals surface area contributed by atoms with Gasteiger partial charge in [0.05, 0.1) is 16.6 Å². The number of carbonyl (C=O) groups is 1. The first kappa shape index (κ1) is 20.4. The van der Waals surface area contributed by atoms with Gasteiger partial charge in [0, 0.05) is 35.9 Å². The molecule has 0 amide bonds. The van der Waals surface area contributed by atoms with Crippen LogP contribution in [0.4, 0.5) is 4.39 Å². The second kappa shape index (κ2) is 7.77. The Labute approximate surface area is 176 Å². The van der Waals surface area contributed by atoms with Crippen LogP contribution >= 0.6 is 11.6 Å². The monoisotopic (exact) mass is 431 g/mol. The molecule has 1 aliphatic rings. The molecule has 30 heavy (non-hydrogen) atoms. The maximum Gasteiger partial charge on any atom is 0.332 e. The summed E-state index contributed by atoms with van der Waals surface area (Å²) in [5, 5.41) is 9.74. The standard InChI is InChI=1S/C21H19ClFN3O4/c1-10-24-16-9-15(11-5-6-30-17(7-11)21(28)29)25-19(18(16)20(27)26(10)2)13-4-3-12(22)8-14(13)23/h3-4,8-9,11,17H,5-7H2,1-2H3,(H,28,29)/t11-,17+/m0/s1. The fraction of sp³-hybridized carbons (Fsp3) is 0.333. The van der Waals surface area contributed by atoms with Gasteiger partial charge in [-0.05, 0) is 44.0 Å². The third-order valence-corrected chi connectivity index (χ3v) is 5.70. The number of halogens is 2. The summed E-state index contributed by atoms with van der Waals surface area (Å²) >= 11 is 5.89. The number of nitrogens with zero attached hydrogens (tertiary/aromatic N) is 3. The van der Waals surface area contributed by atoms with Gasteiger partial charge in [-0.3, -0.25) is 14.3 Å². The minimum atomic E-state index is -1.03. The molecule has 3 aromatic rings. The molecule has 3 heterocycles. The zero-order valence-corrected chi connectivity index (χ0v) is 17.1. The maximum atomic E-state index is 14.8. The van der Waals surface area contributed by atoms with E-state index in [2.05, 4.69) is 9.97 Å². The van der Waals surface area contributed by atoms with E-state index in [0.29, 0.717) is 23.5 Å². The molecule has 4 rings (SSSR count). The molecule has 156 valence electrons. The summed E-state index contributed by atoms with van der Waals surface area (Å²) in [7, 11) is 1.59. The molecular weight excluding hydrogens is 413 g/mol. The number of hydrogen-bond donors (Lipinski definition) is 1. The molecule has 0 saturated carbocycles. The van der Waals surface area contributed by atoms with Crippen molar-refractivity contribution in [2.75, 3.05) is 6.61 Å². The van der Waals surface area contributed by atoms with E-state index in [0.717, 1.165) is 6.07 Å². The molecule has 0 bridgehead atoms. The second-order valence-electron chi connectivity index (χ2n) is 7.36. The molecule has 1 N–H and O–H groups in total. The van der Waals surface area contributed by atoms with Crippen LogP contribution in [-0.2, 0) is 16.6 Å². The lowest BCUT2D eigenvalue weighted by molar-refractivity contribution is -0.153. The Bertz CT molecular complexity index is 1230. The number of hydrogen-bond acceptors (Lipinski definition) is 5. The molecule has 1 aliphatic heterocycles. The van der Waals surface area contributed by atoms with Crippen LogP contribution in [0, 0.1) is 12.7 Å². The van der Waals surface area contributed by atoms with Gasteiger partial charge < -0.3 is 9.84 Å². The van der Waals surface area contributed by atoms with E-state index >= 15 is 0 Å². The summed E-state index contributed by atoms with van der Waals surface area (Å²) in [6.45, 7) is 1.98. The Morgan fingerprint density at radius 2 is 2.10 bits per heavy atom. The highest BCUT2D eigenvalue weighted by Gasteiger charge is 2.30. The summed E-state index contributed by atoms with van der Waals surface area (Å²) < 4.78 is 21.5. The van der Waals surface area contributed by atoms with E-state index in [9.17, 15) is 19.1 Å². The predicted molar refractivity (Wildman–Crippen MR) is 109 cm³/mol. The Morgan fingerprint density at radius 3 is 2.80 bits per heavy atom. The van der Waals surface area contributed by atoms with Crippen molar-refractivity contribution in [3.05, 3.63) is 57.0 Å². The van der Waals surface area contributed by atoms with Crippen LogP contribution in [0.15, 0.2) is 29.1 Å². The van der Waals surface area contributed by atoms with Crippen LogP contribution < -0.4 is 5.56 Å². The average molecular weight is 432 g/mol. The summed E-state index contributed by atoms with van der Waals surface area (Å²) in [6, 6.07) is 5.86. The van der Waals surface area contributed by atoms with E-state index in [-0.39, 0.29) is 46.2 Å². The molecule has 1 saturated heterocycles. The van der Waals surface area contributed by atoms with Gasteiger partial charge >= 0.3 is 5.97 Å². The minimum Gasteiger partial charge on any atom is -0.479 e. The maximum absolute atomic E-state index is 14.8. The first-order valence-electron chi connectivity index (χ1n) is 9.44. The van der Waals surface area contributed by atoms with E-state index in [1.54, 1.807) is 20.0 Å². The molecule has 0 unspecified atom stereocenters. The van der Waals surface area contributed by atoms with Gasteiger partial charge in [-0.25, -0.2) is 14.2 Å². The normalized spacial score (nSPS) is 19.2.